The van der Waals surface area contributed by atoms with Crippen molar-refractivity contribution in [2.75, 3.05) is 5.01 Å². The van der Waals surface area contributed by atoms with Gasteiger partial charge in [-0.1, -0.05) is 17.7 Å². The summed E-state index contributed by atoms with van der Waals surface area (Å²) in [6.45, 7) is 0.443. The first-order valence-electron chi connectivity index (χ1n) is 10.2. The monoisotopic (exact) mass is 489 g/mol. The number of hydrogen-bond acceptors (Lipinski definition) is 8. The van der Waals surface area contributed by atoms with Gasteiger partial charge in [-0.15, -0.1) is 0 Å². The molecule has 0 radical (unpaired) electrons. The van der Waals surface area contributed by atoms with E-state index < -0.39 is 5.82 Å². The van der Waals surface area contributed by atoms with Crippen LogP contribution in [0.5, 0.6) is 0 Å². The Hall–Kier alpha value is -2.83. The normalized spacial score (nSPS) is 14.0. The van der Waals surface area contributed by atoms with Crippen LogP contribution >= 0.6 is 23.5 Å². The number of fused-ring (bicyclic) bond motifs is 1. The van der Waals surface area contributed by atoms with E-state index in [0.29, 0.717) is 23.2 Å². The lowest BCUT2D eigenvalue weighted by molar-refractivity contribution is 0.381. The van der Waals surface area contributed by atoms with Crippen molar-refractivity contribution < 1.29 is 4.39 Å². The van der Waals surface area contributed by atoms with Gasteiger partial charge in [0.1, 0.15) is 17.8 Å². The van der Waals surface area contributed by atoms with Gasteiger partial charge in [-0.3, -0.25) is 15.1 Å². The van der Waals surface area contributed by atoms with E-state index in [1.165, 1.54) is 29.5 Å². The molecule has 8 N–H and O–H groups in total. The van der Waals surface area contributed by atoms with Gasteiger partial charge in [0.15, 0.2) is 0 Å². The molecule has 0 saturated heterocycles. The summed E-state index contributed by atoms with van der Waals surface area (Å²) in [6.07, 6.45) is 9.03. The number of anilines is 1. The molecule has 0 spiro atoms. The van der Waals surface area contributed by atoms with Gasteiger partial charge < -0.3 is 15.1 Å². The van der Waals surface area contributed by atoms with Crippen molar-refractivity contribution in [1.29, 1.82) is 5.41 Å². The van der Waals surface area contributed by atoms with Crippen LogP contribution in [0.15, 0.2) is 47.9 Å². The molecule has 0 atom stereocenters. The molecular formula is C21H25ClFN9S. The Morgan fingerprint density at radius 2 is 2.09 bits per heavy atom. The number of aromatic nitrogens is 2. The van der Waals surface area contributed by atoms with Crippen molar-refractivity contribution >= 4 is 41.2 Å². The van der Waals surface area contributed by atoms with Crippen LogP contribution < -0.4 is 27.2 Å². The van der Waals surface area contributed by atoms with Crippen LogP contribution in [0.2, 0.25) is 5.02 Å². The third kappa shape index (κ3) is 5.57. The number of hydrazine groups is 2. The fourth-order valence-corrected chi connectivity index (χ4v) is 4.22. The average Bonchev–Trinajstić information content (AvgIpc) is 3.56. The second kappa shape index (κ2) is 9.98. The van der Waals surface area contributed by atoms with Crippen LogP contribution in [0.3, 0.4) is 0 Å². The number of nitrogens with one attached hydrogen (secondary N) is 2. The predicted octanol–water partition coefficient (Wildman–Crippen LogP) is 3.16. The third-order valence-corrected chi connectivity index (χ3v) is 6.16. The van der Waals surface area contributed by atoms with Crippen molar-refractivity contribution in [2.24, 2.45) is 17.4 Å². The smallest absolute Gasteiger partial charge is 0.148 e. The number of hydrogen-bond donors (Lipinski definition) is 5. The molecule has 3 aromatic rings. The van der Waals surface area contributed by atoms with E-state index >= 15 is 0 Å². The number of nitrogens with two attached hydrogens (primary N) is 3. The summed E-state index contributed by atoms with van der Waals surface area (Å²) in [5, 5.41) is 10.1. The Balaban J connectivity index is 1.35. The van der Waals surface area contributed by atoms with E-state index in [9.17, 15) is 4.39 Å². The quantitative estimate of drug-likeness (QED) is 0.0962. The lowest BCUT2D eigenvalue weighted by Gasteiger charge is -2.18. The standard InChI is InChI=1S/C21H25ClFN9S/c22-17-4-5-18(32(27)12-24)16(21(17)23)7-28-33-19(25)11-31(26)10-15-9-30-8-14(13-1-2-13)3-6-20(30)29-15/h3-6,8-9,11-13,24,28H,1-2,7,10,25-27H2/b19-11+,24-12?. The molecular weight excluding hydrogens is 465 g/mol. The van der Waals surface area contributed by atoms with Crippen LogP contribution in [0.4, 0.5) is 10.1 Å². The number of imidazole rings is 1. The Kier molecular flexibility index (Phi) is 7.05. The van der Waals surface area contributed by atoms with E-state index in [4.69, 9.17) is 34.4 Å². The van der Waals surface area contributed by atoms with Gasteiger partial charge >= 0.3 is 0 Å². The zero-order valence-electron chi connectivity index (χ0n) is 17.7. The molecule has 33 heavy (non-hydrogen) atoms. The molecule has 1 saturated carbocycles. The molecule has 1 fully saturated rings. The summed E-state index contributed by atoms with van der Waals surface area (Å²) in [7, 11) is 0. The Labute approximate surface area is 199 Å². The lowest BCUT2D eigenvalue weighted by atomic mass is 10.1. The van der Waals surface area contributed by atoms with Gasteiger partial charge in [-0.2, -0.15) is 0 Å². The minimum Gasteiger partial charge on any atom is -0.391 e. The van der Waals surface area contributed by atoms with E-state index in [2.05, 4.69) is 22.0 Å². The van der Waals surface area contributed by atoms with Crippen molar-refractivity contribution in [2.45, 2.75) is 31.8 Å². The molecule has 0 unspecified atom stereocenters. The van der Waals surface area contributed by atoms with Crippen molar-refractivity contribution in [3.05, 3.63) is 75.5 Å². The molecule has 12 heteroatoms. The van der Waals surface area contributed by atoms with Gasteiger partial charge in [0, 0.05) is 30.7 Å². The third-order valence-electron chi connectivity index (χ3n) is 5.24. The minimum atomic E-state index is -0.612. The Bertz CT molecular complexity index is 1190. The molecule has 4 rings (SSSR count). The van der Waals surface area contributed by atoms with Crippen LogP contribution in [0, 0.1) is 11.2 Å². The van der Waals surface area contributed by atoms with Crippen LogP contribution in [-0.4, -0.2) is 20.7 Å². The zero-order valence-corrected chi connectivity index (χ0v) is 19.3. The molecule has 9 nitrogen and oxygen atoms in total. The predicted molar refractivity (Wildman–Crippen MR) is 130 cm³/mol. The Morgan fingerprint density at radius 1 is 1.30 bits per heavy atom. The summed E-state index contributed by atoms with van der Waals surface area (Å²) < 4.78 is 19.5. The maximum absolute atomic E-state index is 14.5. The largest absolute Gasteiger partial charge is 0.391 e. The highest BCUT2D eigenvalue weighted by atomic mass is 35.5. The number of benzene rings is 1. The first kappa shape index (κ1) is 23.3. The molecule has 0 amide bonds. The van der Waals surface area contributed by atoms with Gasteiger partial charge in [-0.25, -0.2) is 21.1 Å². The highest BCUT2D eigenvalue weighted by molar-refractivity contribution is 8.01. The first-order valence-corrected chi connectivity index (χ1v) is 11.4. The lowest BCUT2D eigenvalue weighted by Crippen LogP contribution is -2.30. The van der Waals surface area contributed by atoms with Gasteiger partial charge in [-0.05, 0) is 54.5 Å². The number of nitrogens with zero attached hydrogens (tertiary/aromatic N) is 4. The molecule has 2 aromatic heterocycles. The van der Waals surface area contributed by atoms with Gasteiger partial charge in [0.05, 0.1) is 28.0 Å². The molecule has 174 valence electrons. The van der Waals surface area contributed by atoms with E-state index in [-0.39, 0.29) is 17.1 Å². The molecule has 1 aromatic carbocycles. The Morgan fingerprint density at radius 3 is 2.82 bits per heavy atom. The van der Waals surface area contributed by atoms with Crippen molar-refractivity contribution in [3.8, 4) is 0 Å². The maximum Gasteiger partial charge on any atom is 0.148 e. The van der Waals surface area contributed by atoms with Crippen LogP contribution in [0.1, 0.15) is 35.6 Å². The molecule has 2 heterocycles. The summed E-state index contributed by atoms with van der Waals surface area (Å²) in [4.78, 5) is 4.59. The van der Waals surface area contributed by atoms with E-state index in [1.807, 2.05) is 16.7 Å². The molecule has 1 aliphatic carbocycles. The topological polar surface area (TPSA) is 138 Å². The minimum absolute atomic E-state index is 0.0349. The molecule has 0 aliphatic heterocycles. The van der Waals surface area contributed by atoms with E-state index in [0.717, 1.165) is 34.6 Å². The fraction of sp³-hybridized carbons (Fsp3) is 0.238. The number of pyridine rings is 1. The first-order chi connectivity index (χ1) is 15.9. The second-order valence-corrected chi connectivity index (χ2v) is 9.13. The summed E-state index contributed by atoms with van der Waals surface area (Å²) in [6, 6.07) is 7.08. The fourth-order valence-electron chi connectivity index (χ4n) is 3.47. The SMILES string of the molecule is N=CN(N)c1ccc(Cl)c(F)c1CNS/C(N)=C/N(N)Cc1cn2cc(C3CC3)ccc2n1. The number of rotatable bonds is 10. The highest BCUT2D eigenvalue weighted by Crippen LogP contribution is 2.39. The van der Waals surface area contributed by atoms with Gasteiger partial charge in [0.25, 0.3) is 0 Å². The number of halogens is 2. The summed E-state index contributed by atoms with van der Waals surface area (Å²) >= 11 is 6.97. The highest BCUT2D eigenvalue weighted by Gasteiger charge is 2.23. The second-order valence-electron chi connectivity index (χ2n) is 7.76. The summed E-state index contributed by atoms with van der Waals surface area (Å²) in [5.74, 6) is 11.9. The molecule has 0 bridgehead atoms. The van der Waals surface area contributed by atoms with Crippen molar-refractivity contribution in [3.63, 3.8) is 0 Å². The maximum atomic E-state index is 14.5. The van der Waals surface area contributed by atoms with E-state index in [1.54, 1.807) is 12.3 Å². The molecule has 1 aliphatic rings. The van der Waals surface area contributed by atoms with Gasteiger partial charge in [0.2, 0.25) is 0 Å². The van der Waals surface area contributed by atoms with Crippen molar-refractivity contribution in [1.82, 2.24) is 19.1 Å². The summed E-state index contributed by atoms with van der Waals surface area (Å²) in [5.41, 5.74) is 9.59. The zero-order chi connectivity index (χ0) is 23.5. The van der Waals surface area contributed by atoms with Crippen LogP contribution in [-0.2, 0) is 13.1 Å². The van der Waals surface area contributed by atoms with Crippen LogP contribution in [0.25, 0.3) is 5.65 Å². The average molecular weight is 490 g/mol.